The van der Waals surface area contributed by atoms with E-state index in [4.69, 9.17) is 9.84 Å². The van der Waals surface area contributed by atoms with Gasteiger partial charge in [0.15, 0.2) is 0 Å². The summed E-state index contributed by atoms with van der Waals surface area (Å²) in [5.41, 5.74) is 2.94. The number of aliphatic hydroxyl groups excluding tert-OH is 1. The summed E-state index contributed by atoms with van der Waals surface area (Å²) in [6.07, 6.45) is 1.95. The lowest BCUT2D eigenvalue weighted by molar-refractivity contribution is 0.131. The summed E-state index contributed by atoms with van der Waals surface area (Å²) in [5.74, 6) is 0. The first-order valence-corrected chi connectivity index (χ1v) is 6.61. The summed E-state index contributed by atoms with van der Waals surface area (Å²) in [5, 5.41) is 11.3. The van der Waals surface area contributed by atoms with Gasteiger partial charge in [0.25, 0.3) is 0 Å². The summed E-state index contributed by atoms with van der Waals surface area (Å²) >= 11 is 0. The maximum absolute atomic E-state index is 11.4. The van der Waals surface area contributed by atoms with Crippen LogP contribution in [0, 0.1) is 6.92 Å². The molecule has 5 heteroatoms. The van der Waals surface area contributed by atoms with Gasteiger partial charge in [-0.3, -0.25) is 5.32 Å². The number of nitrogens with one attached hydrogen (secondary N) is 1. The van der Waals surface area contributed by atoms with Crippen LogP contribution in [0.3, 0.4) is 0 Å². The SMILES string of the molecule is Cc1cc(N2CCCC2)ccc1NC(=O)OCCO. The number of aryl methyl sites for hydroxylation is 1. The van der Waals surface area contributed by atoms with Crippen LogP contribution >= 0.6 is 0 Å². The Morgan fingerprint density at radius 2 is 2.16 bits per heavy atom. The summed E-state index contributed by atoms with van der Waals surface area (Å²) < 4.78 is 4.77. The molecule has 1 aliphatic heterocycles. The van der Waals surface area contributed by atoms with E-state index in [1.165, 1.54) is 18.5 Å². The van der Waals surface area contributed by atoms with Crippen molar-refractivity contribution in [1.29, 1.82) is 0 Å². The van der Waals surface area contributed by atoms with Crippen molar-refractivity contribution in [2.24, 2.45) is 0 Å². The lowest BCUT2D eigenvalue weighted by atomic mass is 10.1. The molecular weight excluding hydrogens is 244 g/mol. The van der Waals surface area contributed by atoms with Gasteiger partial charge in [0, 0.05) is 24.5 Å². The van der Waals surface area contributed by atoms with E-state index < -0.39 is 6.09 Å². The fraction of sp³-hybridized carbons (Fsp3) is 0.500. The minimum atomic E-state index is -0.536. The second-order valence-corrected chi connectivity index (χ2v) is 4.68. The Morgan fingerprint density at radius 1 is 1.42 bits per heavy atom. The van der Waals surface area contributed by atoms with Crippen molar-refractivity contribution in [2.45, 2.75) is 19.8 Å². The first kappa shape index (κ1) is 13.7. The predicted octanol–water partition coefficient (Wildman–Crippen LogP) is 2.14. The third-order valence-corrected chi connectivity index (χ3v) is 3.24. The standard InChI is InChI=1S/C14H20N2O3/c1-11-10-12(16-6-2-3-7-16)4-5-13(11)15-14(18)19-9-8-17/h4-5,10,17H,2-3,6-9H2,1H3,(H,15,18). The molecule has 1 amide bonds. The quantitative estimate of drug-likeness (QED) is 0.874. The topological polar surface area (TPSA) is 61.8 Å². The van der Waals surface area contributed by atoms with E-state index in [2.05, 4.69) is 16.3 Å². The number of ether oxygens (including phenoxy) is 1. The third kappa shape index (κ3) is 3.61. The van der Waals surface area contributed by atoms with Crippen molar-refractivity contribution in [1.82, 2.24) is 0 Å². The van der Waals surface area contributed by atoms with Crippen LogP contribution in [0.15, 0.2) is 18.2 Å². The normalized spacial score (nSPS) is 14.5. The molecule has 19 heavy (non-hydrogen) atoms. The number of carbonyl (C=O) groups is 1. The van der Waals surface area contributed by atoms with Gasteiger partial charge in [0.2, 0.25) is 0 Å². The maximum Gasteiger partial charge on any atom is 0.411 e. The molecule has 1 fully saturated rings. The molecule has 1 heterocycles. The van der Waals surface area contributed by atoms with E-state index in [9.17, 15) is 4.79 Å². The minimum Gasteiger partial charge on any atom is -0.447 e. The molecule has 1 aromatic carbocycles. The number of nitrogens with zero attached hydrogens (tertiary/aromatic N) is 1. The van der Waals surface area contributed by atoms with Gasteiger partial charge in [-0.25, -0.2) is 4.79 Å². The Hall–Kier alpha value is -1.75. The van der Waals surface area contributed by atoms with Crippen molar-refractivity contribution in [3.05, 3.63) is 23.8 Å². The van der Waals surface area contributed by atoms with Crippen molar-refractivity contribution in [3.63, 3.8) is 0 Å². The van der Waals surface area contributed by atoms with Crippen molar-refractivity contribution < 1.29 is 14.6 Å². The van der Waals surface area contributed by atoms with Gasteiger partial charge in [-0.05, 0) is 43.5 Å². The maximum atomic E-state index is 11.4. The smallest absolute Gasteiger partial charge is 0.411 e. The van der Waals surface area contributed by atoms with Crippen molar-refractivity contribution in [2.75, 3.05) is 36.5 Å². The minimum absolute atomic E-state index is 0.0107. The molecule has 0 aliphatic carbocycles. The molecule has 0 radical (unpaired) electrons. The number of amides is 1. The summed E-state index contributed by atoms with van der Waals surface area (Å²) in [6, 6.07) is 5.98. The predicted molar refractivity (Wildman–Crippen MR) is 74.7 cm³/mol. The number of carbonyl (C=O) groups excluding carboxylic acids is 1. The number of hydrogen-bond acceptors (Lipinski definition) is 4. The van der Waals surface area contributed by atoms with Crippen LogP contribution in [-0.4, -0.2) is 37.5 Å². The van der Waals surface area contributed by atoms with Gasteiger partial charge >= 0.3 is 6.09 Å². The summed E-state index contributed by atoms with van der Waals surface area (Å²) in [6.45, 7) is 4.01. The van der Waals surface area contributed by atoms with Crippen molar-refractivity contribution >= 4 is 17.5 Å². The van der Waals surface area contributed by atoms with Gasteiger partial charge in [-0.2, -0.15) is 0 Å². The second-order valence-electron chi connectivity index (χ2n) is 4.68. The highest BCUT2D eigenvalue weighted by Crippen LogP contribution is 2.25. The molecule has 0 bridgehead atoms. The first-order valence-electron chi connectivity index (χ1n) is 6.61. The molecule has 1 aromatic rings. The van der Waals surface area contributed by atoms with Crippen molar-refractivity contribution in [3.8, 4) is 0 Å². The summed E-state index contributed by atoms with van der Waals surface area (Å²) in [4.78, 5) is 13.8. The Bertz CT molecular complexity index is 442. The van der Waals surface area contributed by atoms with Crippen LogP contribution in [0.5, 0.6) is 0 Å². The van der Waals surface area contributed by atoms with Crippen LogP contribution in [0.2, 0.25) is 0 Å². The Balaban J connectivity index is 2.00. The van der Waals surface area contributed by atoms with Gasteiger partial charge in [0.1, 0.15) is 6.61 Å². The zero-order valence-electron chi connectivity index (χ0n) is 11.2. The molecule has 1 saturated heterocycles. The fourth-order valence-electron chi connectivity index (χ4n) is 2.24. The van der Waals surface area contributed by atoms with Gasteiger partial charge in [-0.15, -0.1) is 0 Å². The van der Waals surface area contributed by atoms with E-state index in [1.54, 1.807) is 0 Å². The van der Waals surface area contributed by atoms with Crippen LogP contribution in [0.25, 0.3) is 0 Å². The van der Waals surface area contributed by atoms with Crippen LogP contribution in [-0.2, 0) is 4.74 Å². The van der Waals surface area contributed by atoms with Crippen LogP contribution in [0.1, 0.15) is 18.4 Å². The molecule has 2 rings (SSSR count). The largest absolute Gasteiger partial charge is 0.447 e. The highest BCUT2D eigenvalue weighted by atomic mass is 16.6. The molecule has 0 aromatic heterocycles. The van der Waals surface area contributed by atoms with E-state index >= 15 is 0 Å². The number of anilines is 2. The van der Waals surface area contributed by atoms with E-state index in [0.29, 0.717) is 0 Å². The number of hydrogen-bond donors (Lipinski definition) is 2. The molecule has 5 nitrogen and oxygen atoms in total. The summed E-state index contributed by atoms with van der Waals surface area (Å²) in [7, 11) is 0. The van der Waals surface area contributed by atoms with Gasteiger partial charge in [0.05, 0.1) is 6.61 Å². The van der Waals surface area contributed by atoms with E-state index in [-0.39, 0.29) is 13.2 Å². The molecule has 0 saturated carbocycles. The average molecular weight is 264 g/mol. The van der Waals surface area contributed by atoms with Gasteiger partial charge in [-0.1, -0.05) is 0 Å². The average Bonchev–Trinajstić information content (AvgIpc) is 2.92. The highest BCUT2D eigenvalue weighted by molar-refractivity contribution is 5.86. The Labute approximate surface area is 113 Å². The number of benzene rings is 1. The molecule has 2 N–H and O–H groups in total. The molecule has 0 spiro atoms. The number of rotatable bonds is 4. The van der Waals surface area contributed by atoms with Crippen LogP contribution < -0.4 is 10.2 Å². The first-order chi connectivity index (χ1) is 9.20. The second kappa shape index (κ2) is 6.43. The molecular formula is C14H20N2O3. The van der Waals surface area contributed by atoms with Crippen LogP contribution in [0.4, 0.5) is 16.2 Å². The lowest BCUT2D eigenvalue weighted by Crippen LogP contribution is -2.19. The molecule has 104 valence electrons. The molecule has 1 aliphatic rings. The zero-order valence-corrected chi connectivity index (χ0v) is 11.2. The van der Waals surface area contributed by atoms with E-state index in [1.807, 2.05) is 19.1 Å². The highest BCUT2D eigenvalue weighted by Gasteiger charge is 2.13. The Morgan fingerprint density at radius 3 is 2.79 bits per heavy atom. The van der Waals surface area contributed by atoms with E-state index in [0.717, 1.165) is 24.3 Å². The molecule has 0 unspecified atom stereocenters. The number of aliphatic hydroxyl groups is 1. The molecule has 0 atom stereocenters. The fourth-order valence-corrected chi connectivity index (χ4v) is 2.24. The Kier molecular flexibility index (Phi) is 4.63. The van der Waals surface area contributed by atoms with Gasteiger partial charge < -0.3 is 14.7 Å². The monoisotopic (exact) mass is 264 g/mol. The zero-order chi connectivity index (χ0) is 13.7. The third-order valence-electron chi connectivity index (χ3n) is 3.24. The lowest BCUT2D eigenvalue weighted by Gasteiger charge is -2.19.